The Labute approximate surface area is 158 Å². The molecular weight excluding hydrogens is 322 g/mol. The smallest absolute Gasteiger partial charge is 0.227 e. The van der Waals surface area contributed by atoms with Crippen molar-refractivity contribution in [1.82, 2.24) is 9.97 Å². The van der Waals surface area contributed by atoms with Gasteiger partial charge in [-0.2, -0.15) is 4.98 Å². The molecule has 0 aliphatic heterocycles. The lowest BCUT2D eigenvalue weighted by atomic mass is 10.1. The standard InChI is InChI=1S/C21H33N5/c1-6-14-26(15-7-2)21-22-13-12-20(24-21)23-19-11-10-18(16-17(19)5)25(8-3)9-4/h10-13,16H,6-9,14-15H2,1-5H3,(H,22,23,24). The highest BCUT2D eigenvalue weighted by molar-refractivity contribution is 5.65. The van der Waals surface area contributed by atoms with Crippen molar-refractivity contribution < 1.29 is 0 Å². The van der Waals surface area contributed by atoms with E-state index < -0.39 is 0 Å². The molecule has 5 heteroatoms. The van der Waals surface area contributed by atoms with E-state index in [1.54, 1.807) is 0 Å². The number of anilines is 4. The van der Waals surface area contributed by atoms with Gasteiger partial charge < -0.3 is 15.1 Å². The Morgan fingerprint density at radius 3 is 2.19 bits per heavy atom. The summed E-state index contributed by atoms with van der Waals surface area (Å²) in [4.78, 5) is 13.8. The molecule has 1 aromatic carbocycles. The lowest BCUT2D eigenvalue weighted by Crippen LogP contribution is -2.27. The Bertz CT molecular complexity index is 676. The SMILES string of the molecule is CCCN(CCC)c1nccc(Nc2ccc(N(CC)CC)cc2C)n1. The van der Waals surface area contributed by atoms with Crippen LogP contribution in [0.4, 0.5) is 23.1 Å². The highest BCUT2D eigenvalue weighted by Gasteiger charge is 2.10. The quantitative estimate of drug-likeness (QED) is 0.649. The third kappa shape index (κ3) is 5.10. The van der Waals surface area contributed by atoms with Crippen LogP contribution in [0.25, 0.3) is 0 Å². The van der Waals surface area contributed by atoms with Crippen molar-refractivity contribution in [3.05, 3.63) is 36.0 Å². The second-order valence-electron chi connectivity index (χ2n) is 6.53. The van der Waals surface area contributed by atoms with Gasteiger partial charge in [-0.1, -0.05) is 13.8 Å². The van der Waals surface area contributed by atoms with E-state index in [9.17, 15) is 0 Å². The summed E-state index contributed by atoms with van der Waals surface area (Å²) in [6, 6.07) is 8.47. The van der Waals surface area contributed by atoms with Crippen LogP contribution < -0.4 is 15.1 Å². The van der Waals surface area contributed by atoms with E-state index in [4.69, 9.17) is 4.98 Å². The Balaban J connectivity index is 2.19. The average Bonchev–Trinajstić information content (AvgIpc) is 2.65. The number of hydrogen-bond acceptors (Lipinski definition) is 5. The molecule has 0 saturated heterocycles. The Morgan fingerprint density at radius 1 is 0.923 bits per heavy atom. The molecule has 0 saturated carbocycles. The first-order valence-corrected chi connectivity index (χ1v) is 9.83. The van der Waals surface area contributed by atoms with E-state index in [1.807, 2.05) is 12.3 Å². The first-order valence-electron chi connectivity index (χ1n) is 9.83. The third-order valence-electron chi connectivity index (χ3n) is 4.51. The van der Waals surface area contributed by atoms with Crippen LogP contribution in [0.3, 0.4) is 0 Å². The summed E-state index contributed by atoms with van der Waals surface area (Å²) in [6.45, 7) is 14.9. The minimum atomic E-state index is 0.802. The van der Waals surface area contributed by atoms with Gasteiger partial charge in [0.1, 0.15) is 5.82 Å². The highest BCUT2D eigenvalue weighted by Crippen LogP contribution is 2.25. The van der Waals surface area contributed by atoms with Crippen LogP contribution in [0.5, 0.6) is 0 Å². The van der Waals surface area contributed by atoms with Crippen molar-refractivity contribution in [2.45, 2.75) is 47.5 Å². The molecule has 142 valence electrons. The van der Waals surface area contributed by atoms with E-state index in [0.29, 0.717) is 0 Å². The molecule has 1 heterocycles. The van der Waals surface area contributed by atoms with E-state index in [1.165, 1.54) is 11.3 Å². The van der Waals surface area contributed by atoms with Gasteiger partial charge in [-0.25, -0.2) is 4.98 Å². The average molecular weight is 356 g/mol. The Hall–Kier alpha value is -2.30. The molecule has 0 radical (unpaired) electrons. The summed E-state index contributed by atoms with van der Waals surface area (Å²) in [5.74, 6) is 1.64. The van der Waals surface area contributed by atoms with Gasteiger partial charge in [0.15, 0.2) is 0 Å². The van der Waals surface area contributed by atoms with Crippen LogP contribution in [0.2, 0.25) is 0 Å². The van der Waals surface area contributed by atoms with Crippen molar-refractivity contribution in [3.63, 3.8) is 0 Å². The van der Waals surface area contributed by atoms with E-state index in [2.05, 4.69) is 72.9 Å². The molecular formula is C21H33N5. The maximum absolute atomic E-state index is 4.73. The van der Waals surface area contributed by atoms with Crippen molar-refractivity contribution in [1.29, 1.82) is 0 Å². The molecule has 26 heavy (non-hydrogen) atoms. The first-order chi connectivity index (χ1) is 12.6. The van der Waals surface area contributed by atoms with Crippen molar-refractivity contribution in [2.75, 3.05) is 41.3 Å². The fourth-order valence-electron chi connectivity index (χ4n) is 3.13. The van der Waals surface area contributed by atoms with Gasteiger partial charge in [-0.3, -0.25) is 0 Å². The number of hydrogen-bond donors (Lipinski definition) is 1. The van der Waals surface area contributed by atoms with Crippen molar-refractivity contribution in [3.8, 4) is 0 Å². The highest BCUT2D eigenvalue weighted by atomic mass is 15.3. The zero-order chi connectivity index (χ0) is 18.9. The molecule has 0 atom stereocenters. The van der Waals surface area contributed by atoms with E-state index in [-0.39, 0.29) is 0 Å². The Kier molecular flexibility index (Phi) is 7.70. The predicted octanol–water partition coefficient (Wildman–Crippen LogP) is 5.00. The summed E-state index contributed by atoms with van der Waals surface area (Å²) >= 11 is 0. The van der Waals surface area contributed by atoms with E-state index >= 15 is 0 Å². The summed E-state index contributed by atoms with van der Waals surface area (Å²) in [7, 11) is 0. The number of aromatic nitrogens is 2. The van der Waals surface area contributed by atoms with Crippen LogP contribution in [0, 0.1) is 6.92 Å². The van der Waals surface area contributed by atoms with Gasteiger partial charge >= 0.3 is 0 Å². The first kappa shape index (κ1) is 20.0. The maximum atomic E-state index is 4.73. The molecule has 0 aliphatic rings. The fraction of sp³-hybridized carbons (Fsp3) is 0.524. The predicted molar refractivity (Wildman–Crippen MR) is 113 cm³/mol. The lowest BCUT2D eigenvalue weighted by molar-refractivity contribution is 0.721. The molecule has 0 spiro atoms. The van der Waals surface area contributed by atoms with Crippen molar-refractivity contribution >= 4 is 23.1 Å². The number of nitrogens with one attached hydrogen (secondary N) is 1. The van der Waals surface area contributed by atoms with Gasteiger partial charge in [0.2, 0.25) is 5.95 Å². The topological polar surface area (TPSA) is 44.3 Å². The summed E-state index contributed by atoms with van der Waals surface area (Å²) in [6.07, 6.45) is 4.02. The number of rotatable bonds is 10. The van der Waals surface area contributed by atoms with Crippen LogP contribution in [-0.4, -0.2) is 36.1 Å². The summed E-state index contributed by atoms with van der Waals surface area (Å²) in [5.41, 5.74) is 3.56. The minimum absolute atomic E-state index is 0.802. The monoisotopic (exact) mass is 355 g/mol. The van der Waals surface area contributed by atoms with Crippen LogP contribution in [0.1, 0.15) is 46.1 Å². The summed E-state index contributed by atoms with van der Waals surface area (Å²) < 4.78 is 0. The molecule has 0 fully saturated rings. The third-order valence-corrected chi connectivity index (χ3v) is 4.51. The second-order valence-corrected chi connectivity index (χ2v) is 6.53. The zero-order valence-corrected chi connectivity index (χ0v) is 16.9. The van der Waals surface area contributed by atoms with Crippen LogP contribution in [0.15, 0.2) is 30.5 Å². The zero-order valence-electron chi connectivity index (χ0n) is 16.9. The van der Waals surface area contributed by atoms with Crippen molar-refractivity contribution in [2.24, 2.45) is 0 Å². The van der Waals surface area contributed by atoms with Gasteiger partial charge in [-0.15, -0.1) is 0 Å². The summed E-state index contributed by atoms with van der Waals surface area (Å²) in [5, 5.41) is 3.46. The number of aryl methyl sites for hydroxylation is 1. The molecule has 0 unspecified atom stereocenters. The van der Waals surface area contributed by atoms with Gasteiger partial charge in [0.05, 0.1) is 0 Å². The number of benzene rings is 1. The largest absolute Gasteiger partial charge is 0.372 e. The van der Waals surface area contributed by atoms with Gasteiger partial charge in [0, 0.05) is 43.8 Å². The lowest BCUT2D eigenvalue weighted by Gasteiger charge is -2.23. The van der Waals surface area contributed by atoms with Crippen LogP contribution >= 0.6 is 0 Å². The molecule has 2 rings (SSSR count). The van der Waals surface area contributed by atoms with Gasteiger partial charge in [-0.05, 0) is 63.4 Å². The minimum Gasteiger partial charge on any atom is -0.372 e. The molecule has 0 amide bonds. The normalized spacial score (nSPS) is 10.7. The fourth-order valence-corrected chi connectivity index (χ4v) is 3.13. The molecule has 0 bridgehead atoms. The van der Waals surface area contributed by atoms with Gasteiger partial charge in [0.25, 0.3) is 0 Å². The molecule has 1 N–H and O–H groups in total. The molecule has 2 aromatic rings. The number of nitrogens with zero attached hydrogens (tertiary/aromatic N) is 4. The second kappa shape index (κ2) is 10.00. The molecule has 0 aliphatic carbocycles. The molecule has 1 aromatic heterocycles. The molecule has 5 nitrogen and oxygen atoms in total. The Morgan fingerprint density at radius 2 is 1.62 bits per heavy atom. The van der Waals surface area contributed by atoms with Crippen LogP contribution in [-0.2, 0) is 0 Å². The van der Waals surface area contributed by atoms with E-state index in [0.717, 1.165) is 56.5 Å². The maximum Gasteiger partial charge on any atom is 0.227 e.